The summed E-state index contributed by atoms with van der Waals surface area (Å²) in [5.74, 6) is 1.24. The molecule has 0 spiro atoms. The van der Waals surface area contributed by atoms with Crippen molar-refractivity contribution < 1.29 is 5.11 Å². The lowest BCUT2D eigenvalue weighted by atomic mass is 10.1. The Balaban J connectivity index is 1.89. The molecular formula is C9H19NOS. The van der Waals surface area contributed by atoms with Gasteiger partial charge in [0.05, 0.1) is 0 Å². The lowest BCUT2D eigenvalue weighted by Gasteiger charge is -2.11. The van der Waals surface area contributed by atoms with Crippen LogP contribution in [0.3, 0.4) is 0 Å². The van der Waals surface area contributed by atoms with Crippen molar-refractivity contribution in [1.82, 2.24) is 5.32 Å². The minimum atomic E-state index is 0.277. The average Bonchev–Trinajstić information content (AvgIpc) is 2.85. The number of nitrogens with one attached hydrogen (secondary N) is 1. The molecule has 0 aromatic heterocycles. The van der Waals surface area contributed by atoms with Gasteiger partial charge in [0.2, 0.25) is 0 Å². The van der Waals surface area contributed by atoms with Crippen LogP contribution >= 0.6 is 11.8 Å². The smallest absolute Gasteiger partial charge is 0.0499 e. The maximum atomic E-state index is 9.02. The van der Waals surface area contributed by atoms with E-state index in [1.165, 1.54) is 25.0 Å². The Labute approximate surface area is 79.1 Å². The highest BCUT2D eigenvalue weighted by Gasteiger charge is 2.41. The van der Waals surface area contributed by atoms with Gasteiger partial charge < -0.3 is 10.4 Å². The van der Waals surface area contributed by atoms with Gasteiger partial charge in [0.15, 0.2) is 0 Å². The van der Waals surface area contributed by atoms with E-state index >= 15 is 0 Å². The Morgan fingerprint density at radius 1 is 1.50 bits per heavy atom. The summed E-state index contributed by atoms with van der Waals surface area (Å²) in [6, 6.07) is 0. The molecule has 3 heteroatoms. The zero-order valence-corrected chi connectivity index (χ0v) is 8.62. The van der Waals surface area contributed by atoms with Crippen LogP contribution in [0.25, 0.3) is 0 Å². The molecule has 2 N–H and O–H groups in total. The van der Waals surface area contributed by atoms with Crippen LogP contribution in [0.5, 0.6) is 0 Å². The van der Waals surface area contributed by atoms with Gasteiger partial charge in [-0.25, -0.2) is 0 Å². The summed E-state index contributed by atoms with van der Waals surface area (Å²) < 4.78 is 0. The maximum Gasteiger partial charge on any atom is 0.0499 e. The fourth-order valence-electron chi connectivity index (χ4n) is 1.26. The predicted octanol–water partition coefficient (Wildman–Crippen LogP) is 1.10. The topological polar surface area (TPSA) is 32.3 Å². The normalized spacial score (nSPS) is 19.5. The van der Waals surface area contributed by atoms with E-state index < -0.39 is 0 Å². The summed E-state index contributed by atoms with van der Waals surface area (Å²) in [5.41, 5.74) is 0.277. The van der Waals surface area contributed by atoms with Gasteiger partial charge in [-0.2, -0.15) is 11.8 Å². The fourth-order valence-corrected chi connectivity index (χ4v) is 1.70. The molecule has 0 amide bonds. The molecule has 0 heterocycles. The van der Waals surface area contributed by atoms with E-state index in [0.717, 1.165) is 13.1 Å². The molecule has 0 bridgehead atoms. The van der Waals surface area contributed by atoms with Crippen molar-refractivity contribution in [2.24, 2.45) is 5.41 Å². The molecule has 12 heavy (non-hydrogen) atoms. The van der Waals surface area contributed by atoms with E-state index in [2.05, 4.69) is 11.6 Å². The molecule has 0 aliphatic heterocycles. The van der Waals surface area contributed by atoms with Crippen LogP contribution in [0.1, 0.15) is 19.3 Å². The van der Waals surface area contributed by atoms with Crippen LogP contribution in [-0.2, 0) is 0 Å². The molecule has 0 unspecified atom stereocenters. The molecular weight excluding hydrogens is 170 g/mol. The van der Waals surface area contributed by atoms with Gasteiger partial charge in [0, 0.05) is 18.6 Å². The zero-order chi connectivity index (χ0) is 8.86. The Morgan fingerprint density at radius 2 is 2.25 bits per heavy atom. The van der Waals surface area contributed by atoms with E-state index in [1.54, 1.807) is 0 Å². The molecule has 1 aliphatic rings. The molecule has 0 radical (unpaired) electrons. The highest BCUT2D eigenvalue weighted by atomic mass is 32.2. The second kappa shape index (κ2) is 5.10. The third kappa shape index (κ3) is 3.33. The van der Waals surface area contributed by atoms with Crippen molar-refractivity contribution in [3.63, 3.8) is 0 Å². The van der Waals surface area contributed by atoms with Crippen LogP contribution < -0.4 is 5.32 Å². The number of hydrogen-bond donors (Lipinski definition) is 2. The summed E-state index contributed by atoms with van der Waals surface area (Å²) in [7, 11) is 0. The van der Waals surface area contributed by atoms with Gasteiger partial charge in [-0.3, -0.25) is 0 Å². The van der Waals surface area contributed by atoms with Crippen molar-refractivity contribution in [3.05, 3.63) is 0 Å². The highest BCUT2D eigenvalue weighted by molar-refractivity contribution is 7.98. The summed E-state index contributed by atoms with van der Waals surface area (Å²) in [6.45, 7) is 2.48. The van der Waals surface area contributed by atoms with Gasteiger partial charge in [0.1, 0.15) is 0 Å². The first-order valence-electron chi connectivity index (χ1n) is 4.63. The highest BCUT2D eigenvalue weighted by Crippen LogP contribution is 2.44. The fraction of sp³-hybridized carbons (Fsp3) is 1.00. The molecule has 1 saturated carbocycles. The minimum absolute atomic E-state index is 0.277. The lowest BCUT2D eigenvalue weighted by molar-refractivity contribution is 0.208. The van der Waals surface area contributed by atoms with E-state index in [9.17, 15) is 0 Å². The quantitative estimate of drug-likeness (QED) is 0.588. The molecule has 72 valence electrons. The molecule has 1 fully saturated rings. The second-order valence-electron chi connectivity index (χ2n) is 3.68. The summed E-state index contributed by atoms with van der Waals surface area (Å²) in [6.07, 6.45) is 5.79. The molecule has 1 rings (SSSR count). The largest absolute Gasteiger partial charge is 0.396 e. The first-order valence-corrected chi connectivity index (χ1v) is 6.03. The maximum absolute atomic E-state index is 9.02. The van der Waals surface area contributed by atoms with Crippen molar-refractivity contribution in [2.75, 3.05) is 31.7 Å². The first kappa shape index (κ1) is 10.4. The van der Waals surface area contributed by atoms with Gasteiger partial charge in [-0.05, 0) is 37.8 Å². The molecule has 2 nitrogen and oxygen atoms in total. The minimum Gasteiger partial charge on any atom is -0.396 e. The average molecular weight is 189 g/mol. The molecule has 0 saturated heterocycles. The number of aliphatic hydroxyl groups excluding tert-OH is 1. The Hall–Kier alpha value is 0.270. The zero-order valence-electron chi connectivity index (χ0n) is 7.81. The first-order chi connectivity index (χ1) is 5.83. The summed E-state index contributed by atoms with van der Waals surface area (Å²) >= 11 is 1.89. The third-order valence-electron chi connectivity index (χ3n) is 2.49. The summed E-state index contributed by atoms with van der Waals surface area (Å²) in [4.78, 5) is 0. The van der Waals surface area contributed by atoms with Gasteiger partial charge in [-0.15, -0.1) is 0 Å². The molecule has 0 aromatic carbocycles. The van der Waals surface area contributed by atoms with Crippen molar-refractivity contribution in [2.45, 2.75) is 19.3 Å². The Bertz CT molecular complexity index is 126. The Morgan fingerprint density at radius 3 is 2.75 bits per heavy atom. The number of hydrogen-bond acceptors (Lipinski definition) is 3. The van der Waals surface area contributed by atoms with Gasteiger partial charge >= 0.3 is 0 Å². The SMILES string of the molecule is CSCCCNCC1(CO)CC1. The lowest BCUT2D eigenvalue weighted by Crippen LogP contribution is -2.27. The van der Waals surface area contributed by atoms with E-state index in [0.29, 0.717) is 6.61 Å². The van der Waals surface area contributed by atoms with Gasteiger partial charge in [0.25, 0.3) is 0 Å². The monoisotopic (exact) mass is 189 g/mol. The molecule has 1 aliphatic carbocycles. The van der Waals surface area contributed by atoms with Crippen LogP contribution in [0.15, 0.2) is 0 Å². The summed E-state index contributed by atoms with van der Waals surface area (Å²) in [5, 5.41) is 12.4. The van der Waals surface area contributed by atoms with E-state index in [1.807, 2.05) is 11.8 Å². The second-order valence-corrected chi connectivity index (χ2v) is 4.67. The molecule has 0 atom stereocenters. The predicted molar refractivity (Wildman–Crippen MR) is 54.6 cm³/mol. The number of rotatable bonds is 7. The number of aliphatic hydroxyl groups is 1. The van der Waals surface area contributed by atoms with E-state index in [4.69, 9.17) is 5.11 Å². The van der Waals surface area contributed by atoms with E-state index in [-0.39, 0.29) is 5.41 Å². The standard InChI is InChI=1S/C9H19NOS/c1-12-6-2-5-10-7-9(8-11)3-4-9/h10-11H,2-8H2,1H3. The third-order valence-corrected chi connectivity index (χ3v) is 3.19. The number of thioether (sulfide) groups is 1. The van der Waals surface area contributed by atoms with Crippen LogP contribution in [0.4, 0.5) is 0 Å². The van der Waals surface area contributed by atoms with Gasteiger partial charge in [-0.1, -0.05) is 0 Å². The van der Waals surface area contributed by atoms with Crippen LogP contribution in [-0.4, -0.2) is 36.8 Å². The molecule has 0 aromatic rings. The van der Waals surface area contributed by atoms with Crippen molar-refractivity contribution in [1.29, 1.82) is 0 Å². The van der Waals surface area contributed by atoms with Crippen molar-refractivity contribution in [3.8, 4) is 0 Å². The Kier molecular flexibility index (Phi) is 4.40. The van der Waals surface area contributed by atoms with Crippen molar-refractivity contribution >= 4 is 11.8 Å². The van der Waals surface area contributed by atoms with Crippen LogP contribution in [0, 0.1) is 5.41 Å². The van der Waals surface area contributed by atoms with Crippen LogP contribution in [0.2, 0.25) is 0 Å².